The average molecular weight is 597 g/mol. The maximum Gasteiger partial charge on any atom is 0.264 e. The Labute approximate surface area is 238 Å². The fourth-order valence-electron chi connectivity index (χ4n) is 3.67. The Balaban J connectivity index is 2.01. The molecular formula is C27H28Cl3N3O4S. The van der Waals surface area contributed by atoms with Crippen molar-refractivity contribution in [2.45, 2.75) is 37.8 Å². The molecule has 38 heavy (non-hydrogen) atoms. The number of nitrogens with zero attached hydrogens (tertiary/aromatic N) is 2. The molecule has 3 aromatic carbocycles. The molecule has 1 atom stereocenters. The second-order valence-electron chi connectivity index (χ2n) is 8.54. The number of hydrogen-bond donors (Lipinski definition) is 1. The summed E-state index contributed by atoms with van der Waals surface area (Å²) >= 11 is 18.3. The van der Waals surface area contributed by atoms with Gasteiger partial charge in [-0.25, -0.2) is 8.42 Å². The van der Waals surface area contributed by atoms with Gasteiger partial charge < -0.3 is 10.2 Å². The van der Waals surface area contributed by atoms with Gasteiger partial charge in [0.05, 0.1) is 20.6 Å². The number of hydrogen-bond acceptors (Lipinski definition) is 4. The van der Waals surface area contributed by atoms with Gasteiger partial charge in [-0.2, -0.15) is 0 Å². The predicted octanol–water partition coefficient (Wildman–Crippen LogP) is 5.79. The molecule has 1 N–H and O–H groups in total. The first-order chi connectivity index (χ1) is 18.0. The number of benzene rings is 3. The lowest BCUT2D eigenvalue weighted by molar-refractivity contribution is -0.139. The molecule has 0 aliphatic rings. The molecule has 3 aromatic rings. The molecule has 0 bridgehead atoms. The van der Waals surface area contributed by atoms with E-state index in [1.165, 1.54) is 29.2 Å². The molecule has 2 amide bonds. The largest absolute Gasteiger partial charge is 0.354 e. The van der Waals surface area contributed by atoms with Crippen LogP contribution >= 0.6 is 34.8 Å². The monoisotopic (exact) mass is 595 g/mol. The second kappa shape index (κ2) is 13.3. The zero-order chi connectivity index (χ0) is 27.9. The standard InChI is InChI=1S/C27H28Cl3N3O4S/c1-3-15-31-27(35)19(2)32(17-20-9-14-24(29)25(30)16-20)26(34)18-33(22-12-10-21(28)11-13-22)38(36,37)23-7-5-4-6-8-23/h4-14,16,19H,3,15,17-18H2,1-2H3,(H,31,35)/t19-/m0/s1. The van der Waals surface area contributed by atoms with Gasteiger partial charge in [0.25, 0.3) is 10.0 Å². The molecule has 3 rings (SSSR count). The highest BCUT2D eigenvalue weighted by Crippen LogP contribution is 2.27. The average Bonchev–Trinajstić information content (AvgIpc) is 2.91. The molecule has 0 fully saturated rings. The van der Waals surface area contributed by atoms with Crippen molar-refractivity contribution in [1.82, 2.24) is 10.2 Å². The van der Waals surface area contributed by atoms with E-state index in [1.54, 1.807) is 55.5 Å². The Morgan fingerprint density at radius 1 is 0.921 bits per heavy atom. The van der Waals surface area contributed by atoms with Crippen LogP contribution in [0.1, 0.15) is 25.8 Å². The minimum Gasteiger partial charge on any atom is -0.354 e. The summed E-state index contributed by atoms with van der Waals surface area (Å²) in [6.45, 7) is 3.42. The number of amides is 2. The first-order valence-electron chi connectivity index (χ1n) is 11.9. The van der Waals surface area contributed by atoms with E-state index in [0.717, 1.165) is 10.7 Å². The van der Waals surface area contributed by atoms with Crippen LogP contribution in [0.3, 0.4) is 0 Å². The lowest BCUT2D eigenvalue weighted by atomic mass is 10.1. The lowest BCUT2D eigenvalue weighted by Crippen LogP contribution is -2.51. The van der Waals surface area contributed by atoms with Gasteiger partial charge in [0.15, 0.2) is 0 Å². The molecule has 0 saturated heterocycles. The predicted molar refractivity (Wildman–Crippen MR) is 152 cm³/mol. The number of carbonyl (C=O) groups is 2. The number of rotatable bonds is 11. The Kier molecular flexibility index (Phi) is 10.4. The van der Waals surface area contributed by atoms with Crippen molar-refractivity contribution in [3.63, 3.8) is 0 Å². The highest BCUT2D eigenvalue weighted by atomic mass is 35.5. The summed E-state index contributed by atoms with van der Waals surface area (Å²) in [6.07, 6.45) is 0.721. The van der Waals surface area contributed by atoms with Gasteiger partial charge in [-0.1, -0.05) is 66.0 Å². The summed E-state index contributed by atoms with van der Waals surface area (Å²) in [6, 6.07) is 18.0. The van der Waals surface area contributed by atoms with E-state index in [0.29, 0.717) is 27.2 Å². The maximum absolute atomic E-state index is 13.8. The Morgan fingerprint density at radius 2 is 1.58 bits per heavy atom. The third-order valence-corrected chi connectivity index (χ3v) is 8.56. The summed E-state index contributed by atoms with van der Waals surface area (Å²) in [7, 11) is -4.14. The van der Waals surface area contributed by atoms with Crippen LogP contribution in [-0.4, -0.2) is 44.3 Å². The van der Waals surface area contributed by atoms with Crippen molar-refractivity contribution < 1.29 is 18.0 Å². The second-order valence-corrected chi connectivity index (χ2v) is 11.7. The van der Waals surface area contributed by atoms with Crippen LogP contribution in [0.4, 0.5) is 5.69 Å². The highest BCUT2D eigenvalue weighted by molar-refractivity contribution is 7.92. The van der Waals surface area contributed by atoms with Crippen molar-refractivity contribution in [3.05, 3.63) is 93.4 Å². The molecule has 0 aliphatic heterocycles. The van der Waals surface area contributed by atoms with Crippen molar-refractivity contribution in [3.8, 4) is 0 Å². The molecule has 202 valence electrons. The van der Waals surface area contributed by atoms with Crippen LogP contribution in [0, 0.1) is 0 Å². The Bertz CT molecular complexity index is 1370. The molecule has 0 heterocycles. The summed E-state index contributed by atoms with van der Waals surface area (Å²) in [5.74, 6) is -0.936. The molecule has 0 spiro atoms. The van der Waals surface area contributed by atoms with Gasteiger partial charge >= 0.3 is 0 Å². The number of anilines is 1. The minimum atomic E-state index is -4.14. The normalized spacial score (nSPS) is 12.0. The number of sulfonamides is 1. The third kappa shape index (κ3) is 7.41. The van der Waals surface area contributed by atoms with Crippen LogP contribution in [0.5, 0.6) is 0 Å². The maximum atomic E-state index is 13.8. The highest BCUT2D eigenvalue weighted by Gasteiger charge is 2.32. The van der Waals surface area contributed by atoms with Crippen LogP contribution in [0.15, 0.2) is 77.7 Å². The van der Waals surface area contributed by atoms with Crippen molar-refractivity contribution in [2.75, 3.05) is 17.4 Å². The van der Waals surface area contributed by atoms with E-state index in [-0.39, 0.29) is 23.0 Å². The molecule has 0 aliphatic carbocycles. The minimum absolute atomic E-state index is 0.0102. The van der Waals surface area contributed by atoms with Crippen LogP contribution in [0.25, 0.3) is 0 Å². The van der Waals surface area contributed by atoms with E-state index in [1.807, 2.05) is 6.92 Å². The Hall–Kier alpha value is -2.78. The smallest absolute Gasteiger partial charge is 0.264 e. The van der Waals surface area contributed by atoms with E-state index in [2.05, 4.69) is 5.32 Å². The van der Waals surface area contributed by atoms with E-state index in [4.69, 9.17) is 34.8 Å². The van der Waals surface area contributed by atoms with Gasteiger partial charge in [-0.05, 0) is 67.4 Å². The fraction of sp³-hybridized carbons (Fsp3) is 0.259. The summed E-state index contributed by atoms with van der Waals surface area (Å²) in [5, 5.41) is 3.86. The molecule has 7 nitrogen and oxygen atoms in total. The number of halogens is 3. The van der Waals surface area contributed by atoms with Gasteiger partial charge in [-0.15, -0.1) is 0 Å². The van der Waals surface area contributed by atoms with Gasteiger partial charge in [0.1, 0.15) is 12.6 Å². The first kappa shape index (κ1) is 29.8. The van der Waals surface area contributed by atoms with Gasteiger partial charge in [0, 0.05) is 18.1 Å². The van der Waals surface area contributed by atoms with Gasteiger partial charge in [-0.3, -0.25) is 13.9 Å². The van der Waals surface area contributed by atoms with E-state index < -0.39 is 28.5 Å². The first-order valence-corrected chi connectivity index (χ1v) is 14.5. The van der Waals surface area contributed by atoms with Crippen molar-refractivity contribution in [1.29, 1.82) is 0 Å². The van der Waals surface area contributed by atoms with Gasteiger partial charge in [0.2, 0.25) is 11.8 Å². The summed E-state index contributed by atoms with van der Waals surface area (Å²) in [5.41, 5.74) is 0.885. The third-order valence-electron chi connectivity index (χ3n) is 5.78. The van der Waals surface area contributed by atoms with Crippen LogP contribution in [0.2, 0.25) is 15.1 Å². The number of carbonyl (C=O) groups excluding carboxylic acids is 2. The Morgan fingerprint density at radius 3 is 2.18 bits per heavy atom. The molecule has 11 heteroatoms. The summed E-state index contributed by atoms with van der Waals surface area (Å²) in [4.78, 5) is 28.0. The van der Waals surface area contributed by atoms with Crippen LogP contribution < -0.4 is 9.62 Å². The molecular weight excluding hydrogens is 569 g/mol. The van der Waals surface area contributed by atoms with Crippen molar-refractivity contribution >= 4 is 62.3 Å². The van der Waals surface area contributed by atoms with E-state index in [9.17, 15) is 18.0 Å². The summed E-state index contributed by atoms with van der Waals surface area (Å²) < 4.78 is 28.4. The topological polar surface area (TPSA) is 86.8 Å². The zero-order valence-corrected chi connectivity index (χ0v) is 24.0. The zero-order valence-electron chi connectivity index (χ0n) is 20.9. The molecule has 0 aromatic heterocycles. The van der Waals surface area contributed by atoms with Crippen LogP contribution in [-0.2, 0) is 26.2 Å². The molecule has 0 radical (unpaired) electrons. The number of nitrogens with one attached hydrogen (secondary N) is 1. The molecule has 0 saturated carbocycles. The lowest BCUT2D eigenvalue weighted by Gasteiger charge is -2.32. The van der Waals surface area contributed by atoms with Crippen molar-refractivity contribution in [2.24, 2.45) is 0 Å². The SMILES string of the molecule is CCCNC(=O)[C@H](C)N(Cc1ccc(Cl)c(Cl)c1)C(=O)CN(c1ccc(Cl)cc1)S(=O)(=O)c1ccccc1. The fourth-order valence-corrected chi connectivity index (χ4v) is 5.55. The molecule has 0 unspecified atom stereocenters. The quantitative estimate of drug-likeness (QED) is 0.304. The van der Waals surface area contributed by atoms with E-state index >= 15 is 0 Å².